The van der Waals surface area contributed by atoms with Crippen molar-refractivity contribution < 1.29 is 20.1 Å². The van der Waals surface area contributed by atoms with E-state index in [0.29, 0.717) is 0 Å². The van der Waals surface area contributed by atoms with Crippen LogP contribution in [-0.2, 0) is 4.74 Å². The second kappa shape index (κ2) is 5.02. The van der Waals surface area contributed by atoms with E-state index in [1.807, 2.05) is 0 Å². The maximum absolute atomic E-state index is 11.7. The van der Waals surface area contributed by atoms with E-state index in [0.717, 1.165) is 4.57 Å². The third kappa shape index (κ3) is 2.10. The number of aromatic nitrogens is 2. The molecule has 0 saturated carbocycles. The van der Waals surface area contributed by atoms with Gasteiger partial charge in [-0.2, -0.15) is 4.98 Å². The van der Waals surface area contributed by atoms with Gasteiger partial charge in [-0.05, 0) is 6.07 Å². The average Bonchev–Trinajstić information content (AvgIpc) is 2.65. The Morgan fingerprint density at radius 3 is 2.72 bits per heavy atom. The Morgan fingerprint density at radius 1 is 1.44 bits per heavy atom. The van der Waals surface area contributed by atoms with E-state index < -0.39 is 36.7 Å². The van der Waals surface area contributed by atoms with Gasteiger partial charge in [0.25, 0.3) is 0 Å². The van der Waals surface area contributed by atoms with E-state index in [-0.39, 0.29) is 12.4 Å². The second-order valence-corrected chi connectivity index (χ2v) is 4.13. The Bertz CT molecular complexity index is 477. The molecule has 0 bridgehead atoms. The van der Waals surface area contributed by atoms with Gasteiger partial charge in [0.15, 0.2) is 0 Å². The van der Waals surface area contributed by atoms with Crippen LogP contribution < -0.4 is 11.4 Å². The molecule has 0 aromatic carbocycles. The first-order valence-corrected chi connectivity index (χ1v) is 5.48. The number of aliphatic hydroxyl groups excluding tert-OH is 3. The van der Waals surface area contributed by atoms with E-state index in [2.05, 4.69) is 4.98 Å². The summed E-state index contributed by atoms with van der Waals surface area (Å²) in [6.07, 6.45) is -1.38. The molecule has 1 saturated heterocycles. The minimum absolute atomic E-state index is 0.0778. The molecular formula is C10H15N3O5. The van der Waals surface area contributed by atoms with Crippen LogP contribution in [0.1, 0.15) is 6.23 Å². The molecule has 0 radical (unpaired) electrons. The molecule has 1 fully saturated rings. The van der Waals surface area contributed by atoms with E-state index in [9.17, 15) is 15.0 Å². The molecule has 100 valence electrons. The molecule has 2 heterocycles. The van der Waals surface area contributed by atoms with E-state index in [1.54, 1.807) is 0 Å². The predicted octanol–water partition coefficient (Wildman–Crippen LogP) is -2.32. The molecule has 0 aliphatic carbocycles. The zero-order valence-corrected chi connectivity index (χ0v) is 9.51. The van der Waals surface area contributed by atoms with Crippen molar-refractivity contribution in [3.05, 3.63) is 22.7 Å². The van der Waals surface area contributed by atoms with Crippen molar-refractivity contribution in [1.82, 2.24) is 9.55 Å². The number of nitrogens with two attached hydrogens (primary N) is 1. The minimum Gasteiger partial charge on any atom is -0.396 e. The monoisotopic (exact) mass is 257 g/mol. The Labute approximate surface area is 102 Å². The summed E-state index contributed by atoms with van der Waals surface area (Å²) < 4.78 is 6.49. The Morgan fingerprint density at radius 2 is 2.17 bits per heavy atom. The molecule has 1 aromatic heterocycles. The molecule has 8 heteroatoms. The van der Waals surface area contributed by atoms with Crippen molar-refractivity contribution in [3.63, 3.8) is 0 Å². The number of nitrogens with zero attached hydrogens (tertiary/aromatic N) is 2. The molecule has 1 aromatic rings. The van der Waals surface area contributed by atoms with Crippen LogP contribution in [0.4, 0.5) is 5.82 Å². The summed E-state index contributed by atoms with van der Waals surface area (Å²) in [4.78, 5) is 15.2. The van der Waals surface area contributed by atoms with Crippen LogP contribution in [0.2, 0.25) is 0 Å². The van der Waals surface area contributed by atoms with Crippen molar-refractivity contribution >= 4 is 5.82 Å². The van der Waals surface area contributed by atoms with Crippen LogP contribution in [0, 0.1) is 5.92 Å². The lowest BCUT2D eigenvalue weighted by Gasteiger charge is -2.19. The highest BCUT2D eigenvalue weighted by Gasteiger charge is 2.44. The van der Waals surface area contributed by atoms with Gasteiger partial charge in [-0.25, -0.2) is 4.79 Å². The number of hydrogen-bond acceptors (Lipinski definition) is 7. The smallest absolute Gasteiger partial charge is 0.351 e. The Kier molecular flexibility index (Phi) is 3.62. The minimum atomic E-state index is -1.05. The molecule has 2 rings (SSSR count). The zero-order valence-electron chi connectivity index (χ0n) is 9.51. The van der Waals surface area contributed by atoms with Crippen LogP contribution in [0.15, 0.2) is 17.1 Å². The van der Waals surface area contributed by atoms with E-state index in [1.165, 1.54) is 12.3 Å². The number of rotatable bonds is 3. The SMILES string of the molecule is Nc1ccn([C@@H]2O[C@H](CO)[C@@H](O)C2CO)c(=O)n1. The van der Waals surface area contributed by atoms with Crippen molar-refractivity contribution in [2.45, 2.75) is 18.4 Å². The molecule has 8 nitrogen and oxygen atoms in total. The quantitative estimate of drug-likeness (QED) is 0.478. The summed E-state index contributed by atoms with van der Waals surface area (Å²) in [6, 6.07) is 1.41. The first kappa shape index (κ1) is 13.0. The normalized spacial score (nSPS) is 31.7. The molecule has 1 unspecified atom stereocenters. The second-order valence-electron chi connectivity index (χ2n) is 4.13. The maximum atomic E-state index is 11.7. The van der Waals surface area contributed by atoms with Gasteiger partial charge in [0.1, 0.15) is 18.1 Å². The lowest BCUT2D eigenvalue weighted by atomic mass is 10.0. The summed E-state index contributed by atoms with van der Waals surface area (Å²) in [6.45, 7) is -0.773. The van der Waals surface area contributed by atoms with Crippen molar-refractivity contribution in [2.75, 3.05) is 18.9 Å². The number of anilines is 1. The summed E-state index contributed by atoms with van der Waals surface area (Å²) in [5, 5.41) is 28.1. The number of nitrogen functional groups attached to an aromatic ring is 1. The molecule has 1 aliphatic rings. The van der Waals surface area contributed by atoms with Crippen molar-refractivity contribution in [3.8, 4) is 0 Å². The fraction of sp³-hybridized carbons (Fsp3) is 0.600. The van der Waals surface area contributed by atoms with Gasteiger partial charge in [-0.15, -0.1) is 0 Å². The van der Waals surface area contributed by atoms with Crippen LogP contribution >= 0.6 is 0 Å². The molecule has 0 amide bonds. The van der Waals surface area contributed by atoms with Gasteiger partial charge < -0.3 is 25.8 Å². The highest BCUT2D eigenvalue weighted by molar-refractivity contribution is 5.23. The topological polar surface area (TPSA) is 131 Å². The first-order chi connectivity index (χ1) is 8.58. The average molecular weight is 257 g/mol. The van der Waals surface area contributed by atoms with Gasteiger partial charge in [0.2, 0.25) is 0 Å². The van der Waals surface area contributed by atoms with Crippen LogP contribution in [0.3, 0.4) is 0 Å². The van der Waals surface area contributed by atoms with Gasteiger partial charge in [0, 0.05) is 6.20 Å². The lowest BCUT2D eigenvalue weighted by Crippen LogP contribution is -2.34. The highest BCUT2D eigenvalue weighted by atomic mass is 16.5. The molecule has 5 N–H and O–H groups in total. The first-order valence-electron chi connectivity index (χ1n) is 5.48. The predicted molar refractivity (Wildman–Crippen MR) is 60.5 cm³/mol. The zero-order chi connectivity index (χ0) is 13.3. The van der Waals surface area contributed by atoms with Crippen LogP contribution in [-0.4, -0.2) is 50.3 Å². The van der Waals surface area contributed by atoms with Crippen LogP contribution in [0.25, 0.3) is 0 Å². The van der Waals surface area contributed by atoms with Gasteiger partial charge >= 0.3 is 5.69 Å². The van der Waals surface area contributed by atoms with Crippen LogP contribution in [0.5, 0.6) is 0 Å². The molecule has 1 aliphatic heterocycles. The Balaban J connectivity index is 2.35. The van der Waals surface area contributed by atoms with Gasteiger partial charge in [0.05, 0.1) is 25.2 Å². The molecule has 4 atom stereocenters. The number of hydrogen-bond donors (Lipinski definition) is 4. The molecule has 18 heavy (non-hydrogen) atoms. The summed E-state index contributed by atoms with van der Waals surface area (Å²) in [5.74, 6) is -0.626. The third-order valence-corrected chi connectivity index (χ3v) is 3.02. The maximum Gasteiger partial charge on any atom is 0.351 e. The van der Waals surface area contributed by atoms with Crippen molar-refractivity contribution in [2.24, 2.45) is 5.92 Å². The van der Waals surface area contributed by atoms with Gasteiger partial charge in [-0.3, -0.25) is 4.57 Å². The van der Waals surface area contributed by atoms with E-state index in [4.69, 9.17) is 15.6 Å². The lowest BCUT2D eigenvalue weighted by molar-refractivity contribution is -0.0495. The Hall–Kier alpha value is -1.48. The van der Waals surface area contributed by atoms with Gasteiger partial charge in [-0.1, -0.05) is 0 Å². The molecule has 0 spiro atoms. The summed E-state index contributed by atoms with van der Waals surface area (Å²) >= 11 is 0. The number of aliphatic hydroxyl groups is 3. The highest BCUT2D eigenvalue weighted by Crippen LogP contribution is 2.33. The summed E-state index contributed by atoms with van der Waals surface area (Å²) in [7, 11) is 0. The summed E-state index contributed by atoms with van der Waals surface area (Å²) in [5.41, 5.74) is 4.74. The largest absolute Gasteiger partial charge is 0.396 e. The molecular weight excluding hydrogens is 242 g/mol. The van der Waals surface area contributed by atoms with E-state index >= 15 is 0 Å². The number of ether oxygens (including phenoxy) is 1. The van der Waals surface area contributed by atoms with Crippen molar-refractivity contribution in [1.29, 1.82) is 0 Å². The fourth-order valence-corrected chi connectivity index (χ4v) is 2.05. The fourth-order valence-electron chi connectivity index (χ4n) is 2.05. The standard InChI is InChI=1S/C10H15N3O5/c11-7-1-2-13(10(17)12-7)9-5(3-14)8(16)6(4-15)18-9/h1-2,5-6,8-9,14-16H,3-4H2,(H2,11,12,17)/t5?,6-,8+,9-/m1/s1. The third-order valence-electron chi connectivity index (χ3n) is 3.02.